The zero-order valence-electron chi connectivity index (χ0n) is 8.53. The second-order valence-electron chi connectivity index (χ2n) is 3.01. The van der Waals surface area contributed by atoms with E-state index in [1.165, 1.54) is 38.5 Å². The molecule has 0 bridgehead atoms. The smallest absolute Gasteiger partial charge is 0.368 e. The van der Waals surface area contributed by atoms with Crippen molar-refractivity contribution in [2.45, 2.75) is 52.4 Å². The maximum Gasteiger partial charge on any atom is 0.668 e. The van der Waals surface area contributed by atoms with Gasteiger partial charge in [0.1, 0.15) is 0 Å². The standard InChI is InChI=1S/C8H18.H4O4Si/c1-3-5-7-8-6-4-2;1-5(2,3)4/h3-8H2,1-2H3;1-4H. The maximum atomic E-state index is 7.33. The van der Waals surface area contributed by atoms with Gasteiger partial charge in [-0.05, 0) is 0 Å². The molecule has 0 unspecified atom stereocenters. The molecular formula is C8H22O4Si. The third-order valence-electron chi connectivity index (χ3n) is 1.46. The van der Waals surface area contributed by atoms with Crippen molar-refractivity contribution in [1.29, 1.82) is 0 Å². The van der Waals surface area contributed by atoms with Gasteiger partial charge in [-0.2, -0.15) is 0 Å². The van der Waals surface area contributed by atoms with E-state index in [0.29, 0.717) is 0 Å². The summed E-state index contributed by atoms with van der Waals surface area (Å²) in [6.45, 7) is 4.51. The molecule has 0 aromatic carbocycles. The first kappa shape index (κ1) is 15.5. The molecule has 0 aliphatic heterocycles. The lowest BCUT2D eigenvalue weighted by Gasteiger charge is -1.93. The summed E-state index contributed by atoms with van der Waals surface area (Å²) < 4.78 is 0. The van der Waals surface area contributed by atoms with Crippen molar-refractivity contribution < 1.29 is 19.2 Å². The molecule has 0 radical (unpaired) electrons. The molecule has 5 heteroatoms. The Hall–Kier alpha value is 0.0569. The Morgan fingerprint density at radius 3 is 1.08 bits per heavy atom. The molecule has 0 atom stereocenters. The van der Waals surface area contributed by atoms with Crippen molar-refractivity contribution in [1.82, 2.24) is 0 Å². The molecule has 0 aliphatic carbocycles. The molecule has 0 spiro atoms. The van der Waals surface area contributed by atoms with Crippen molar-refractivity contribution in [3.8, 4) is 0 Å². The van der Waals surface area contributed by atoms with Crippen LogP contribution in [0, 0.1) is 0 Å². The van der Waals surface area contributed by atoms with Crippen molar-refractivity contribution in [2.75, 3.05) is 0 Å². The molecular weight excluding hydrogens is 188 g/mol. The van der Waals surface area contributed by atoms with Gasteiger partial charge >= 0.3 is 9.05 Å². The van der Waals surface area contributed by atoms with E-state index in [9.17, 15) is 0 Å². The van der Waals surface area contributed by atoms with E-state index in [1.54, 1.807) is 0 Å². The quantitative estimate of drug-likeness (QED) is 0.399. The van der Waals surface area contributed by atoms with Crippen molar-refractivity contribution in [3.63, 3.8) is 0 Å². The summed E-state index contributed by atoms with van der Waals surface area (Å²) in [6.07, 6.45) is 8.49. The molecule has 0 saturated carbocycles. The number of hydrogen-bond acceptors (Lipinski definition) is 4. The Labute approximate surface area is 81.4 Å². The molecule has 0 aromatic heterocycles. The van der Waals surface area contributed by atoms with Crippen molar-refractivity contribution in [3.05, 3.63) is 0 Å². The van der Waals surface area contributed by atoms with Gasteiger partial charge in [0, 0.05) is 0 Å². The first-order valence-corrected chi connectivity index (χ1v) is 6.60. The van der Waals surface area contributed by atoms with E-state index in [1.807, 2.05) is 0 Å². The first-order valence-electron chi connectivity index (χ1n) is 4.81. The normalized spacial score (nSPS) is 10.6. The monoisotopic (exact) mass is 210 g/mol. The largest absolute Gasteiger partial charge is 0.668 e. The highest BCUT2D eigenvalue weighted by molar-refractivity contribution is 6.46. The lowest BCUT2D eigenvalue weighted by molar-refractivity contribution is 0.117. The predicted molar refractivity (Wildman–Crippen MR) is 53.7 cm³/mol. The van der Waals surface area contributed by atoms with E-state index in [0.717, 1.165) is 0 Å². The molecule has 4 N–H and O–H groups in total. The Morgan fingerprint density at radius 2 is 0.923 bits per heavy atom. The van der Waals surface area contributed by atoms with Crippen LogP contribution in [-0.2, 0) is 0 Å². The third-order valence-corrected chi connectivity index (χ3v) is 1.46. The lowest BCUT2D eigenvalue weighted by Crippen LogP contribution is -2.33. The van der Waals surface area contributed by atoms with Gasteiger partial charge in [-0.3, -0.25) is 0 Å². The second-order valence-corrected chi connectivity index (χ2v) is 4.21. The molecule has 0 rings (SSSR count). The predicted octanol–water partition coefficient (Wildman–Crippen LogP) is 0.758. The summed E-state index contributed by atoms with van der Waals surface area (Å²) in [7, 11) is -4.61. The minimum Gasteiger partial charge on any atom is -0.368 e. The fourth-order valence-corrected chi connectivity index (χ4v) is 0.854. The minimum absolute atomic E-state index is 1.36. The van der Waals surface area contributed by atoms with E-state index < -0.39 is 9.05 Å². The third kappa shape index (κ3) is 47.7. The lowest BCUT2D eigenvalue weighted by atomic mass is 10.1. The number of rotatable bonds is 5. The zero-order valence-corrected chi connectivity index (χ0v) is 9.53. The van der Waals surface area contributed by atoms with Crippen LogP contribution < -0.4 is 0 Å². The second kappa shape index (κ2) is 10.1. The van der Waals surface area contributed by atoms with Gasteiger partial charge in [0.15, 0.2) is 0 Å². The average Bonchev–Trinajstić information content (AvgIpc) is 1.95. The van der Waals surface area contributed by atoms with E-state index in [-0.39, 0.29) is 0 Å². The highest BCUT2D eigenvalue weighted by atomic mass is 28.4. The van der Waals surface area contributed by atoms with Crippen LogP contribution in [0.1, 0.15) is 52.4 Å². The Balaban J connectivity index is 0. The molecule has 0 fully saturated rings. The van der Waals surface area contributed by atoms with Crippen molar-refractivity contribution in [2.24, 2.45) is 0 Å². The molecule has 82 valence electrons. The summed E-state index contributed by atoms with van der Waals surface area (Å²) in [5.74, 6) is 0. The Kier molecular flexibility index (Phi) is 12.1. The average molecular weight is 210 g/mol. The topological polar surface area (TPSA) is 80.9 Å². The van der Waals surface area contributed by atoms with Crippen LogP contribution in [0.5, 0.6) is 0 Å². The Morgan fingerprint density at radius 1 is 0.692 bits per heavy atom. The van der Waals surface area contributed by atoms with Gasteiger partial charge in [0.05, 0.1) is 0 Å². The van der Waals surface area contributed by atoms with Crippen LogP contribution in [0.25, 0.3) is 0 Å². The first-order chi connectivity index (χ1) is 5.91. The molecule has 0 saturated heterocycles. The Bertz CT molecular complexity index is 80.6. The van der Waals surface area contributed by atoms with Gasteiger partial charge in [0.25, 0.3) is 0 Å². The van der Waals surface area contributed by atoms with Crippen molar-refractivity contribution >= 4 is 9.05 Å². The molecule has 0 heterocycles. The summed E-state index contributed by atoms with van der Waals surface area (Å²) in [5, 5.41) is 0. The summed E-state index contributed by atoms with van der Waals surface area (Å²) in [5.41, 5.74) is 0. The van der Waals surface area contributed by atoms with E-state index in [4.69, 9.17) is 19.2 Å². The van der Waals surface area contributed by atoms with Gasteiger partial charge in [-0.1, -0.05) is 52.4 Å². The van der Waals surface area contributed by atoms with Crippen LogP contribution in [0.3, 0.4) is 0 Å². The highest BCUT2D eigenvalue weighted by Gasteiger charge is 2.22. The molecule has 0 aliphatic rings. The maximum absolute atomic E-state index is 7.33. The highest BCUT2D eigenvalue weighted by Crippen LogP contribution is 2.03. The fourth-order valence-electron chi connectivity index (χ4n) is 0.854. The van der Waals surface area contributed by atoms with Gasteiger partial charge < -0.3 is 19.2 Å². The SMILES string of the molecule is CCCCCCCC.O[Si](O)(O)O. The van der Waals surface area contributed by atoms with Gasteiger partial charge in [0.2, 0.25) is 0 Å². The summed E-state index contributed by atoms with van der Waals surface area (Å²) in [6, 6.07) is 0. The van der Waals surface area contributed by atoms with E-state index in [2.05, 4.69) is 13.8 Å². The fraction of sp³-hybridized carbons (Fsp3) is 1.00. The van der Waals surface area contributed by atoms with Crippen LogP contribution in [0.4, 0.5) is 0 Å². The molecule has 4 nitrogen and oxygen atoms in total. The van der Waals surface area contributed by atoms with Crippen LogP contribution >= 0.6 is 0 Å². The van der Waals surface area contributed by atoms with E-state index >= 15 is 0 Å². The molecule has 0 aromatic rings. The van der Waals surface area contributed by atoms with Gasteiger partial charge in [-0.15, -0.1) is 0 Å². The summed E-state index contributed by atoms with van der Waals surface area (Å²) >= 11 is 0. The van der Waals surface area contributed by atoms with Crippen LogP contribution in [0.15, 0.2) is 0 Å². The number of unbranched alkanes of at least 4 members (excludes halogenated alkanes) is 5. The number of hydrogen-bond donors (Lipinski definition) is 4. The summed E-state index contributed by atoms with van der Waals surface area (Å²) in [4.78, 5) is 29.3. The molecule has 13 heavy (non-hydrogen) atoms. The molecule has 0 amide bonds. The zero-order chi connectivity index (χ0) is 10.7. The van der Waals surface area contributed by atoms with Crippen LogP contribution in [-0.4, -0.2) is 28.2 Å². The minimum atomic E-state index is -4.61. The van der Waals surface area contributed by atoms with Gasteiger partial charge in [-0.25, -0.2) is 0 Å². The van der Waals surface area contributed by atoms with Crippen LogP contribution in [0.2, 0.25) is 0 Å².